The number of carbonyl (C=O) groups excluding carboxylic acids is 3. The monoisotopic (exact) mass is 313 g/mol. The van der Waals surface area contributed by atoms with Crippen molar-refractivity contribution in [2.24, 2.45) is 0 Å². The Labute approximate surface area is 127 Å². The molecule has 0 aliphatic carbocycles. The molecule has 0 spiro atoms. The number of hydrogen-bond donors (Lipinski definition) is 1. The summed E-state index contributed by atoms with van der Waals surface area (Å²) in [6.07, 6.45) is -0.389. The Bertz CT molecular complexity index is 530. The highest BCUT2D eigenvalue weighted by molar-refractivity contribution is 7.14. The van der Waals surface area contributed by atoms with E-state index in [2.05, 4.69) is 10.1 Å². The van der Waals surface area contributed by atoms with Crippen LogP contribution in [0.2, 0.25) is 0 Å². The van der Waals surface area contributed by atoms with Crippen LogP contribution < -0.4 is 5.32 Å². The van der Waals surface area contributed by atoms with Gasteiger partial charge in [0.25, 0.3) is 0 Å². The third kappa shape index (κ3) is 5.95. The lowest BCUT2D eigenvalue weighted by atomic mass is 10.2. The molecule has 1 N–H and O–H groups in total. The molecule has 0 saturated carbocycles. The molecule has 1 rings (SSSR count). The van der Waals surface area contributed by atoms with Crippen LogP contribution in [0.15, 0.2) is 11.4 Å². The lowest BCUT2D eigenvalue weighted by Gasteiger charge is -2.19. The maximum Gasteiger partial charge on any atom is 0.341 e. The van der Waals surface area contributed by atoms with Crippen molar-refractivity contribution in [3.8, 4) is 0 Å². The molecule has 1 amide bonds. The molecule has 0 bridgehead atoms. The van der Waals surface area contributed by atoms with Crippen molar-refractivity contribution in [1.82, 2.24) is 0 Å². The second-order valence-electron chi connectivity index (χ2n) is 5.20. The number of thiophene rings is 1. The molecule has 0 radical (unpaired) electrons. The fourth-order valence-electron chi connectivity index (χ4n) is 1.41. The van der Waals surface area contributed by atoms with E-state index in [1.807, 2.05) is 0 Å². The fraction of sp³-hybridized carbons (Fsp3) is 0.500. The number of carbonyl (C=O) groups is 3. The molecule has 21 heavy (non-hydrogen) atoms. The molecule has 1 aromatic heterocycles. The molecule has 0 unspecified atom stereocenters. The fourth-order valence-corrected chi connectivity index (χ4v) is 2.21. The van der Waals surface area contributed by atoms with Crippen LogP contribution in [0, 0.1) is 0 Å². The van der Waals surface area contributed by atoms with Crippen molar-refractivity contribution in [3.63, 3.8) is 0 Å². The second kappa shape index (κ2) is 7.21. The SMILES string of the molecule is CCOC(=O)CC(=O)Nc1sccc1C(=O)OC(C)(C)C. The van der Waals surface area contributed by atoms with Gasteiger partial charge in [0.2, 0.25) is 5.91 Å². The Morgan fingerprint density at radius 1 is 1.29 bits per heavy atom. The molecule has 6 nitrogen and oxygen atoms in total. The number of ether oxygens (including phenoxy) is 2. The summed E-state index contributed by atoms with van der Waals surface area (Å²) in [6, 6.07) is 1.57. The molecule has 0 aliphatic heterocycles. The summed E-state index contributed by atoms with van der Waals surface area (Å²) in [4.78, 5) is 34.9. The lowest BCUT2D eigenvalue weighted by Crippen LogP contribution is -2.24. The van der Waals surface area contributed by atoms with Crippen LogP contribution in [-0.4, -0.2) is 30.1 Å². The number of anilines is 1. The molecule has 0 aromatic carbocycles. The van der Waals surface area contributed by atoms with Gasteiger partial charge in [-0.2, -0.15) is 0 Å². The van der Waals surface area contributed by atoms with Gasteiger partial charge in [0.15, 0.2) is 0 Å². The number of esters is 2. The van der Waals surface area contributed by atoms with Crippen LogP contribution in [0.5, 0.6) is 0 Å². The summed E-state index contributed by atoms with van der Waals surface area (Å²) in [5.74, 6) is -1.65. The first-order valence-electron chi connectivity index (χ1n) is 6.49. The maximum atomic E-state index is 12.0. The van der Waals surface area contributed by atoms with Crippen molar-refractivity contribution in [2.75, 3.05) is 11.9 Å². The first-order chi connectivity index (χ1) is 9.73. The number of hydrogen-bond acceptors (Lipinski definition) is 6. The second-order valence-corrected chi connectivity index (χ2v) is 6.11. The molecule has 0 atom stereocenters. The van der Waals surface area contributed by atoms with Gasteiger partial charge in [-0.25, -0.2) is 4.79 Å². The van der Waals surface area contributed by atoms with E-state index in [-0.39, 0.29) is 18.6 Å². The van der Waals surface area contributed by atoms with E-state index >= 15 is 0 Å². The van der Waals surface area contributed by atoms with Crippen molar-refractivity contribution in [2.45, 2.75) is 39.7 Å². The molecule has 1 heterocycles. The van der Waals surface area contributed by atoms with Gasteiger partial charge in [-0.15, -0.1) is 11.3 Å². The van der Waals surface area contributed by atoms with E-state index < -0.39 is 23.4 Å². The molecule has 116 valence electrons. The van der Waals surface area contributed by atoms with Crippen LogP contribution in [0.4, 0.5) is 5.00 Å². The van der Waals surface area contributed by atoms with Crippen LogP contribution in [0.3, 0.4) is 0 Å². The molecular formula is C14H19NO5S. The smallest absolute Gasteiger partial charge is 0.341 e. The Balaban J connectivity index is 2.69. The predicted octanol–water partition coefficient (Wildman–Crippen LogP) is 2.60. The topological polar surface area (TPSA) is 81.7 Å². The minimum Gasteiger partial charge on any atom is -0.466 e. The van der Waals surface area contributed by atoms with Gasteiger partial charge in [-0.05, 0) is 39.1 Å². The largest absolute Gasteiger partial charge is 0.466 e. The lowest BCUT2D eigenvalue weighted by molar-refractivity contribution is -0.145. The quantitative estimate of drug-likeness (QED) is 0.667. The minimum absolute atomic E-state index is 0.217. The van der Waals surface area contributed by atoms with Gasteiger partial charge >= 0.3 is 11.9 Å². The van der Waals surface area contributed by atoms with E-state index in [1.165, 1.54) is 11.3 Å². The summed E-state index contributed by atoms with van der Waals surface area (Å²) in [6.45, 7) is 7.16. The van der Waals surface area contributed by atoms with Gasteiger partial charge in [0.05, 0.1) is 12.2 Å². The summed E-state index contributed by atoms with van der Waals surface area (Å²) >= 11 is 1.19. The van der Waals surface area contributed by atoms with Crippen molar-refractivity contribution >= 4 is 34.2 Å². The van der Waals surface area contributed by atoms with Crippen LogP contribution in [-0.2, 0) is 19.1 Å². The first-order valence-corrected chi connectivity index (χ1v) is 7.37. The van der Waals surface area contributed by atoms with Crippen molar-refractivity contribution in [1.29, 1.82) is 0 Å². The Morgan fingerprint density at radius 2 is 1.95 bits per heavy atom. The number of rotatable bonds is 5. The Kier molecular flexibility index (Phi) is 5.90. The highest BCUT2D eigenvalue weighted by Gasteiger charge is 2.22. The summed E-state index contributed by atoms with van der Waals surface area (Å²) in [5.41, 5.74) is -0.349. The normalized spacial score (nSPS) is 10.9. The average Bonchev–Trinajstić information content (AvgIpc) is 2.74. The third-order valence-electron chi connectivity index (χ3n) is 2.15. The first kappa shape index (κ1) is 17.2. The van der Waals surface area contributed by atoms with Crippen molar-refractivity contribution in [3.05, 3.63) is 17.0 Å². The summed E-state index contributed by atoms with van der Waals surface area (Å²) < 4.78 is 9.94. The Morgan fingerprint density at radius 3 is 2.52 bits per heavy atom. The summed E-state index contributed by atoms with van der Waals surface area (Å²) in [7, 11) is 0. The molecular weight excluding hydrogens is 294 g/mol. The molecule has 0 saturated heterocycles. The van der Waals surface area contributed by atoms with Gasteiger partial charge in [-0.1, -0.05) is 0 Å². The van der Waals surface area contributed by atoms with Crippen LogP contribution in [0.1, 0.15) is 44.5 Å². The average molecular weight is 313 g/mol. The van der Waals surface area contributed by atoms with E-state index in [1.54, 1.807) is 39.1 Å². The maximum absolute atomic E-state index is 12.0. The van der Waals surface area contributed by atoms with Crippen LogP contribution in [0.25, 0.3) is 0 Å². The van der Waals surface area contributed by atoms with E-state index in [0.29, 0.717) is 5.00 Å². The third-order valence-corrected chi connectivity index (χ3v) is 2.98. The zero-order valence-corrected chi connectivity index (χ0v) is 13.3. The van der Waals surface area contributed by atoms with Gasteiger partial charge in [0.1, 0.15) is 17.0 Å². The zero-order chi connectivity index (χ0) is 16.0. The molecule has 0 aliphatic rings. The van der Waals surface area contributed by atoms with E-state index in [9.17, 15) is 14.4 Å². The predicted molar refractivity (Wildman–Crippen MR) is 79.4 cm³/mol. The minimum atomic E-state index is -0.620. The van der Waals surface area contributed by atoms with Gasteiger partial charge in [0, 0.05) is 0 Å². The van der Waals surface area contributed by atoms with Gasteiger partial charge < -0.3 is 14.8 Å². The summed E-state index contributed by atoms with van der Waals surface area (Å²) in [5, 5.41) is 4.55. The van der Waals surface area contributed by atoms with E-state index in [4.69, 9.17) is 4.74 Å². The van der Waals surface area contributed by atoms with Crippen molar-refractivity contribution < 1.29 is 23.9 Å². The molecule has 7 heteroatoms. The van der Waals surface area contributed by atoms with Gasteiger partial charge in [-0.3, -0.25) is 9.59 Å². The van der Waals surface area contributed by atoms with E-state index in [0.717, 1.165) is 0 Å². The standard InChI is InChI=1S/C14H19NO5S/c1-5-19-11(17)8-10(16)15-12-9(6-7-21-12)13(18)20-14(2,3)4/h6-7H,5,8H2,1-4H3,(H,15,16). The number of nitrogens with one attached hydrogen (secondary N) is 1. The Hall–Kier alpha value is -1.89. The zero-order valence-electron chi connectivity index (χ0n) is 12.5. The highest BCUT2D eigenvalue weighted by atomic mass is 32.1. The van der Waals surface area contributed by atoms with Crippen LogP contribution >= 0.6 is 11.3 Å². The molecule has 1 aromatic rings. The number of amides is 1. The highest BCUT2D eigenvalue weighted by Crippen LogP contribution is 2.25. The molecule has 0 fully saturated rings.